The molecule has 0 radical (unpaired) electrons. The molecule has 0 spiro atoms. The van der Waals surface area contributed by atoms with Gasteiger partial charge in [0.1, 0.15) is 0 Å². The van der Waals surface area contributed by atoms with Gasteiger partial charge in [0.15, 0.2) is 5.78 Å². The van der Waals surface area contributed by atoms with E-state index in [0.29, 0.717) is 0 Å². The van der Waals surface area contributed by atoms with E-state index in [9.17, 15) is 9.90 Å². The number of hydrogen-bond donors (Lipinski definition) is 1. The quantitative estimate of drug-likeness (QED) is 0.559. The molecule has 1 aliphatic rings. The van der Waals surface area contributed by atoms with Crippen molar-refractivity contribution in [1.82, 2.24) is 0 Å². The highest BCUT2D eigenvalue weighted by molar-refractivity contribution is 5.87. The number of aliphatic hydroxyl groups is 1. The van der Waals surface area contributed by atoms with Crippen molar-refractivity contribution >= 4 is 5.78 Å². The summed E-state index contributed by atoms with van der Waals surface area (Å²) in [6.45, 7) is 9.77. The van der Waals surface area contributed by atoms with Crippen molar-refractivity contribution in [1.29, 1.82) is 0 Å². The molecule has 0 aromatic heterocycles. The zero-order chi connectivity index (χ0) is 11.6. The fourth-order valence-corrected chi connectivity index (χ4v) is 2.17. The molecular weight excluding hydrogens is 188 g/mol. The second-order valence-electron chi connectivity index (χ2n) is 5.07. The van der Waals surface area contributed by atoms with E-state index in [1.54, 1.807) is 6.08 Å². The number of aliphatic hydroxyl groups excluding tert-OH is 1. The van der Waals surface area contributed by atoms with Crippen LogP contribution in [-0.4, -0.2) is 17.0 Å². The molecule has 1 rings (SSSR count). The summed E-state index contributed by atoms with van der Waals surface area (Å²) in [7, 11) is 0. The Labute approximate surface area is 91.7 Å². The van der Waals surface area contributed by atoms with Gasteiger partial charge in [0.25, 0.3) is 0 Å². The Balaban J connectivity index is 2.88. The van der Waals surface area contributed by atoms with Crippen LogP contribution in [-0.2, 0) is 4.79 Å². The van der Waals surface area contributed by atoms with E-state index in [-0.39, 0.29) is 17.1 Å². The molecule has 15 heavy (non-hydrogen) atoms. The summed E-state index contributed by atoms with van der Waals surface area (Å²) >= 11 is 0. The first-order valence-electron chi connectivity index (χ1n) is 5.40. The molecule has 0 saturated heterocycles. The Morgan fingerprint density at radius 1 is 1.60 bits per heavy atom. The van der Waals surface area contributed by atoms with E-state index in [1.165, 1.54) is 6.92 Å². The molecule has 2 atom stereocenters. The van der Waals surface area contributed by atoms with Gasteiger partial charge in [-0.2, -0.15) is 0 Å². The zero-order valence-electron chi connectivity index (χ0n) is 9.79. The second kappa shape index (κ2) is 4.31. The number of allylic oxidation sites excluding steroid dienone is 2. The Morgan fingerprint density at radius 3 is 2.73 bits per heavy atom. The van der Waals surface area contributed by atoms with Crippen LogP contribution in [0.25, 0.3) is 0 Å². The molecule has 1 saturated carbocycles. The highest BCUT2D eigenvalue weighted by Crippen LogP contribution is 2.43. The van der Waals surface area contributed by atoms with Gasteiger partial charge in [-0.1, -0.05) is 26.5 Å². The van der Waals surface area contributed by atoms with Crippen LogP contribution in [0.15, 0.2) is 24.3 Å². The smallest absolute Gasteiger partial charge is 0.152 e. The monoisotopic (exact) mass is 208 g/mol. The van der Waals surface area contributed by atoms with Crippen LogP contribution in [0.4, 0.5) is 0 Å². The molecule has 0 heterocycles. The summed E-state index contributed by atoms with van der Waals surface area (Å²) in [6.07, 6.45) is 4.78. The second-order valence-corrected chi connectivity index (χ2v) is 5.07. The molecule has 1 N–H and O–H groups in total. The fraction of sp³-hybridized carbons (Fsp3) is 0.615. The molecule has 0 aromatic rings. The van der Waals surface area contributed by atoms with E-state index >= 15 is 0 Å². The highest BCUT2D eigenvalue weighted by atomic mass is 16.3. The molecule has 0 aliphatic heterocycles. The molecule has 0 unspecified atom stereocenters. The molecule has 0 amide bonds. The highest BCUT2D eigenvalue weighted by Gasteiger charge is 2.36. The molecule has 84 valence electrons. The van der Waals surface area contributed by atoms with Gasteiger partial charge in [-0.25, -0.2) is 0 Å². The van der Waals surface area contributed by atoms with Gasteiger partial charge in [0, 0.05) is 5.92 Å². The Hall–Kier alpha value is -0.890. The number of carbonyl (C=O) groups excluding carboxylic acids is 1. The summed E-state index contributed by atoms with van der Waals surface area (Å²) in [5.74, 6) is 0.142. The lowest BCUT2D eigenvalue weighted by Crippen LogP contribution is -2.35. The third-order valence-corrected chi connectivity index (χ3v) is 3.25. The standard InChI is InChI=1S/C13H20O2/c1-9(14)5-6-11-10(2)12(15)7-8-13(11,3)4/h5-6,11-12,15H,2,7-8H2,1,3-4H3/b6-5+/t11-,12+/m0/s1. The first-order chi connectivity index (χ1) is 6.84. The normalized spacial score (nSPS) is 30.8. The zero-order valence-corrected chi connectivity index (χ0v) is 9.79. The topological polar surface area (TPSA) is 37.3 Å². The summed E-state index contributed by atoms with van der Waals surface area (Å²) in [5, 5.41) is 9.73. The Kier molecular flexibility index (Phi) is 3.50. The predicted molar refractivity (Wildman–Crippen MR) is 61.5 cm³/mol. The lowest BCUT2D eigenvalue weighted by Gasteiger charge is -2.41. The van der Waals surface area contributed by atoms with Crippen LogP contribution in [0.2, 0.25) is 0 Å². The maximum absolute atomic E-state index is 10.9. The van der Waals surface area contributed by atoms with Crippen LogP contribution >= 0.6 is 0 Å². The van der Waals surface area contributed by atoms with Crippen molar-refractivity contribution in [2.24, 2.45) is 11.3 Å². The van der Waals surface area contributed by atoms with Gasteiger partial charge in [-0.15, -0.1) is 0 Å². The van der Waals surface area contributed by atoms with Crippen molar-refractivity contribution in [3.63, 3.8) is 0 Å². The fourth-order valence-electron chi connectivity index (χ4n) is 2.17. The first kappa shape index (κ1) is 12.2. The maximum Gasteiger partial charge on any atom is 0.152 e. The molecule has 2 heteroatoms. The van der Waals surface area contributed by atoms with Crippen LogP contribution in [0.5, 0.6) is 0 Å². The summed E-state index contributed by atoms with van der Waals surface area (Å²) < 4.78 is 0. The van der Waals surface area contributed by atoms with Crippen LogP contribution in [0.3, 0.4) is 0 Å². The number of ketones is 1. The van der Waals surface area contributed by atoms with E-state index in [1.807, 2.05) is 6.08 Å². The molecular formula is C13H20O2. The minimum Gasteiger partial charge on any atom is -0.389 e. The first-order valence-corrected chi connectivity index (χ1v) is 5.40. The van der Waals surface area contributed by atoms with Crippen LogP contribution in [0, 0.1) is 11.3 Å². The Morgan fingerprint density at radius 2 is 2.20 bits per heavy atom. The van der Waals surface area contributed by atoms with E-state index in [4.69, 9.17) is 0 Å². The number of hydrogen-bond acceptors (Lipinski definition) is 2. The van der Waals surface area contributed by atoms with Gasteiger partial charge in [-0.05, 0) is 36.8 Å². The van der Waals surface area contributed by atoms with Gasteiger partial charge >= 0.3 is 0 Å². The van der Waals surface area contributed by atoms with Gasteiger partial charge in [0.05, 0.1) is 6.10 Å². The molecule has 0 bridgehead atoms. The summed E-state index contributed by atoms with van der Waals surface area (Å²) in [5.41, 5.74) is 0.922. The lowest BCUT2D eigenvalue weighted by atomic mass is 9.65. The SMILES string of the molecule is C=C1[C@H](O)CCC(C)(C)[C@H]1/C=C/C(C)=O. The van der Waals surface area contributed by atoms with Crippen molar-refractivity contribution < 1.29 is 9.90 Å². The molecule has 2 nitrogen and oxygen atoms in total. The Bertz CT molecular complexity index is 300. The third kappa shape index (κ3) is 2.78. The number of rotatable bonds is 2. The minimum atomic E-state index is -0.417. The van der Waals surface area contributed by atoms with Gasteiger partial charge < -0.3 is 5.11 Å². The van der Waals surface area contributed by atoms with Crippen molar-refractivity contribution in [3.05, 3.63) is 24.3 Å². The summed E-state index contributed by atoms with van der Waals surface area (Å²) in [4.78, 5) is 10.9. The van der Waals surface area contributed by atoms with Crippen LogP contribution in [0.1, 0.15) is 33.6 Å². The third-order valence-electron chi connectivity index (χ3n) is 3.25. The van der Waals surface area contributed by atoms with E-state index < -0.39 is 6.10 Å². The van der Waals surface area contributed by atoms with E-state index in [0.717, 1.165) is 18.4 Å². The molecule has 1 fully saturated rings. The van der Waals surface area contributed by atoms with Gasteiger partial charge in [-0.3, -0.25) is 4.79 Å². The largest absolute Gasteiger partial charge is 0.389 e. The van der Waals surface area contributed by atoms with Crippen molar-refractivity contribution in [2.75, 3.05) is 0 Å². The molecule has 0 aromatic carbocycles. The van der Waals surface area contributed by atoms with Crippen LogP contribution < -0.4 is 0 Å². The maximum atomic E-state index is 10.9. The lowest BCUT2D eigenvalue weighted by molar-refractivity contribution is -0.112. The minimum absolute atomic E-state index is 0.0404. The number of carbonyl (C=O) groups is 1. The van der Waals surface area contributed by atoms with Crippen molar-refractivity contribution in [3.8, 4) is 0 Å². The average molecular weight is 208 g/mol. The predicted octanol–water partition coefficient (Wildman–Crippen LogP) is 2.48. The van der Waals surface area contributed by atoms with Crippen molar-refractivity contribution in [2.45, 2.75) is 39.7 Å². The van der Waals surface area contributed by atoms with E-state index in [2.05, 4.69) is 20.4 Å². The average Bonchev–Trinajstić information content (AvgIpc) is 2.11. The summed E-state index contributed by atoms with van der Waals surface area (Å²) in [6, 6.07) is 0. The van der Waals surface area contributed by atoms with Gasteiger partial charge in [0.2, 0.25) is 0 Å². The molecule has 1 aliphatic carbocycles.